The molecule has 17 heavy (non-hydrogen) atoms. The zero-order valence-electron chi connectivity index (χ0n) is 9.13. The van der Waals surface area contributed by atoms with Crippen LogP contribution in [0.5, 0.6) is 0 Å². The Bertz CT molecular complexity index is 562. The van der Waals surface area contributed by atoms with Gasteiger partial charge in [0.2, 0.25) is 0 Å². The predicted molar refractivity (Wildman–Crippen MR) is 78.0 cm³/mol. The van der Waals surface area contributed by atoms with E-state index < -0.39 is 0 Å². The van der Waals surface area contributed by atoms with Gasteiger partial charge < -0.3 is 10.2 Å². The highest BCUT2D eigenvalue weighted by Gasteiger charge is 2.09. The summed E-state index contributed by atoms with van der Waals surface area (Å²) in [6.07, 6.45) is 0. The lowest BCUT2D eigenvalue weighted by molar-refractivity contribution is 0.182. The standard InChI is InChI=1S/C11H11ClIN3O/c1-17-5-7-4-10(16-14)8-2-6(12)3-9(13)11(8)15-7/h2-4H,5,14H2,1H3,(H,15,16). The van der Waals surface area contributed by atoms with E-state index in [2.05, 4.69) is 33.0 Å². The van der Waals surface area contributed by atoms with Crippen molar-refractivity contribution in [3.05, 3.63) is 32.5 Å². The monoisotopic (exact) mass is 363 g/mol. The molecule has 0 saturated heterocycles. The predicted octanol–water partition coefficient (Wildman–Crippen LogP) is 2.92. The molecule has 0 bridgehead atoms. The third-order valence-electron chi connectivity index (χ3n) is 2.33. The first-order valence-electron chi connectivity index (χ1n) is 4.90. The van der Waals surface area contributed by atoms with Crippen LogP contribution >= 0.6 is 34.2 Å². The molecular formula is C11H11ClIN3O. The topological polar surface area (TPSA) is 60.2 Å². The Labute approximate surface area is 118 Å². The maximum absolute atomic E-state index is 6.03. The van der Waals surface area contributed by atoms with Crippen molar-refractivity contribution in [3.8, 4) is 0 Å². The van der Waals surface area contributed by atoms with Gasteiger partial charge in [0.1, 0.15) is 0 Å². The molecule has 0 amide bonds. The fourth-order valence-electron chi connectivity index (χ4n) is 1.65. The highest BCUT2D eigenvalue weighted by atomic mass is 127. The summed E-state index contributed by atoms with van der Waals surface area (Å²) in [5.41, 5.74) is 5.16. The van der Waals surface area contributed by atoms with Crippen LogP contribution in [0.25, 0.3) is 10.9 Å². The van der Waals surface area contributed by atoms with E-state index in [0.717, 1.165) is 25.9 Å². The largest absolute Gasteiger partial charge is 0.378 e. The van der Waals surface area contributed by atoms with Crippen LogP contribution in [0.1, 0.15) is 5.69 Å². The van der Waals surface area contributed by atoms with Crippen LogP contribution in [0.2, 0.25) is 5.02 Å². The summed E-state index contributed by atoms with van der Waals surface area (Å²) in [5.74, 6) is 5.52. The lowest BCUT2D eigenvalue weighted by Crippen LogP contribution is -2.09. The summed E-state index contributed by atoms with van der Waals surface area (Å²) in [4.78, 5) is 4.53. The first-order valence-corrected chi connectivity index (χ1v) is 6.35. The Morgan fingerprint density at radius 2 is 2.24 bits per heavy atom. The number of aromatic nitrogens is 1. The molecule has 0 aliphatic carbocycles. The Balaban J connectivity index is 2.73. The van der Waals surface area contributed by atoms with E-state index in [4.69, 9.17) is 22.2 Å². The highest BCUT2D eigenvalue weighted by molar-refractivity contribution is 14.1. The molecule has 0 spiro atoms. The molecule has 0 fully saturated rings. The fourth-order valence-corrected chi connectivity index (χ4v) is 2.80. The Kier molecular flexibility index (Phi) is 4.03. The number of halogens is 2. The summed E-state index contributed by atoms with van der Waals surface area (Å²) in [5, 5.41) is 1.57. The van der Waals surface area contributed by atoms with Gasteiger partial charge in [0.05, 0.1) is 23.5 Å². The van der Waals surface area contributed by atoms with Gasteiger partial charge in [0.25, 0.3) is 0 Å². The zero-order chi connectivity index (χ0) is 12.4. The first kappa shape index (κ1) is 12.8. The van der Waals surface area contributed by atoms with Crippen molar-refractivity contribution in [1.29, 1.82) is 0 Å². The number of nitrogens with two attached hydrogens (primary N) is 1. The van der Waals surface area contributed by atoms with Gasteiger partial charge in [-0.15, -0.1) is 0 Å². The number of hydrazine groups is 1. The molecule has 1 aromatic carbocycles. The first-order chi connectivity index (χ1) is 8.15. The number of methoxy groups -OCH3 is 1. The SMILES string of the molecule is COCc1cc(NN)c2cc(Cl)cc(I)c2n1. The molecule has 2 aromatic rings. The van der Waals surface area contributed by atoms with E-state index in [0.29, 0.717) is 11.6 Å². The van der Waals surface area contributed by atoms with Gasteiger partial charge in [-0.25, -0.2) is 4.98 Å². The Hall–Kier alpha value is -0.630. The van der Waals surface area contributed by atoms with E-state index in [9.17, 15) is 0 Å². The van der Waals surface area contributed by atoms with Crippen LogP contribution in [0, 0.1) is 3.57 Å². The van der Waals surface area contributed by atoms with Gasteiger partial charge in [0, 0.05) is 21.1 Å². The number of fused-ring (bicyclic) bond motifs is 1. The third kappa shape index (κ3) is 2.62. The number of anilines is 1. The van der Waals surface area contributed by atoms with Crippen molar-refractivity contribution in [3.63, 3.8) is 0 Å². The lowest BCUT2D eigenvalue weighted by Gasteiger charge is -2.10. The van der Waals surface area contributed by atoms with Crippen LogP contribution in [-0.2, 0) is 11.3 Å². The molecule has 6 heteroatoms. The summed E-state index contributed by atoms with van der Waals surface area (Å²) in [6.45, 7) is 0.448. The van der Waals surface area contributed by atoms with Crippen LogP contribution in [0.3, 0.4) is 0 Å². The number of hydrogen-bond donors (Lipinski definition) is 2. The second kappa shape index (κ2) is 5.34. The number of rotatable bonds is 3. The van der Waals surface area contributed by atoms with E-state index in [1.165, 1.54) is 0 Å². The summed E-state index contributed by atoms with van der Waals surface area (Å²) < 4.78 is 6.07. The molecule has 0 aliphatic rings. The molecule has 3 N–H and O–H groups in total. The van der Waals surface area contributed by atoms with Crippen molar-refractivity contribution in [2.24, 2.45) is 5.84 Å². The minimum atomic E-state index is 0.448. The number of hydrogen-bond acceptors (Lipinski definition) is 4. The van der Waals surface area contributed by atoms with Crippen molar-refractivity contribution in [1.82, 2.24) is 4.98 Å². The molecule has 1 heterocycles. The summed E-state index contributed by atoms with van der Waals surface area (Å²) in [7, 11) is 1.63. The average Bonchev–Trinajstić information content (AvgIpc) is 2.29. The van der Waals surface area contributed by atoms with Crippen LogP contribution in [-0.4, -0.2) is 12.1 Å². The smallest absolute Gasteiger partial charge is 0.0885 e. The zero-order valence-corrected chi connectivity index (χ0v) is 12.0. The second-order valence-corrected chi connectivity index (χ2v) is 5.12. The molecule has 90 valence electrons. The maximum atomic E-state index is 6.03. The van der Waals surface area contributed by atoms with Crippen molar-refractivity contribution in [2.45, 2.75) is 6.61 Å². The van der Waals surface area contributed by atoms with E-state index >= 15 is 0 Å². The number of benzene rings is 1. The number of nitrogens with one attached hydrogen (secondary N) is 1. The summed E-state index contributed by atoms with van der Waals surface area (Å²) in [6, 6.07) is 5.57. The Morgan fingerprint density at radius 1 is 1.47 bits per heavy atom. The molecule has 0 atom stereocenters. The number of pyridine rings is 1. The molecule has 1 aromatic heterocycles. The van der Waals surface area contributed by atoms with Gasteiger partial charge >= 0.3 is 0 Å². The minimum Gasteiger partial charge on any atom is -0.378 e. The van der Waals surface area contributed by atoms with Gasteiger partial charge in [-0.2, -0.15) is 0 Å². The average molecular weight is 364 g/mol. The molecule has 0 aliphatic heterocycles. The third-order valence-corrected chi connectivity index (χ3v) is 3.37. The van der Waals surface area contributed by atoms with E-state index in [1.54, 1.807) is 7.11 Å². The molecule has 0 radical (unpaired) electrons. The maximum Gasteiger partial charge on any atom is 0.0885 e. The molecule has 0 saturated carbocycles. The van der Waals surface area contributed by atoms with Gasteiger partial charge in [-0.3, -0.25) is 5.84 Å². The van der Waals surface area contributed by atoms with Gasteiger partial charge in [0.15, 0.2) is 0 Å². The minimum absolute atomic E-state index is 0.448. The lowest BCUT2D eigenvalue weighted by atomic mass is 10.1. The number of ether oxygens (including phenoxy) is 1. The normalized spacial score (nSPS) is 10.8. The highest BCUT2D eigenvalue weighted by Crippen LogP contribution is 2.29. The van der Waals surface area contributed by atoms with Gasteiger partial charge in [-0.1, -0.05) is 11.6 Å². The van der Waals surface area contributed by atoms with Crippen molar-refractivity contribution in [2.75, 3.05) is 12.5 Å². The molecule has 4 nitrogen and oxygen atoms in total. The van der Waals surface area contributed by atoms with E-state index in [1.807, 2.05) is 18.2 Å². The fraction of sp³-hybridized carbons (Fsp3) is 0.182. The Morgan fingerprint density at radius 3 is 2.88 bits per heavy atom. The number of nitrogens with zero attached hydrogens (tertiary/aromatic N) is 1. The van der Waals surface area contributed by atoms with Crippen molar-refractivity contribution < 1.29 is 4.74 Å². The second-order valence-electron chi connectivity index (χ2n) is 3.52. The summed E-state index contributed by atoms with van der Waals surface area (Å²) >= 11 is 8.23. The van der Waals surface area contributed by atoms with Crippen LogP contribution < -0.4 is 11.3 Å². The molecule has 2 rings (SSSR count). The number of nitrogen functional groups attached to an aromatic ring is 1. The van der Waals surface area contributed by atoms with Gasteiger partial charge in [-0.05, 0) is 40.8 Å². The van der Waals surface area contributed by atoms with Crippen LogP contribution in [0.4, 0.5) is 5.69 Å². The van der Waals surface area contributed by atoms with Crippen molar-refractivity contribution >= 4 is 50.8 Å². The quantitative estimate of drug-likeness (QED) is 0.500. The molecule has 0 unspecified atom stereocenters. The molecular weight excluding hydrogens is 352 g/mol. The van der Waals surface area contributed by atoms with Crippen LogP contribution in [0.15, 0.2) is 18.2 Å². The van der Waals surface area contributed by atoms with E-state index in [-0.39, 0.29) is 0 Å².